The van der Waals surface area contributed by atoms with Crippen LogP contribution in [-0.2, 0) is 4.79 Å². The highest BCUT2D eigenvalue weighted by Gasteiger charge is 2.17. The fourth-order valence-electron chi connectivity index (χ4n) is 2.73. The van der Waals surface area contributed by atoms with Crippen molar-refractivity contribution >= 4 is 11.8 Å². The van der Waals surface area contributed by atoms with Gasteiger partial charge in [-0.05, 0) is 29.8 Å². The van der Waals surface area contributed by atoms with E-state index in [2.05, 4.69) is 15.6 Å². The van der Waals surface area contributed by atoms with Gasteiger partial charge in [0.2, 0.25) is 5.91 Å². The van der Waals surface area contributed by atoms with Crippen molar-refractivity contribution in [3.8, 4) is 0 Å². The zero-order chi connectivity index (χ0) is 18.9. The van der Waals surface area contributed by atoms with Crippen molar-refractivity contribution in [2.75, 3.05) is 6.54 Å². The first-order valence-electron chi connectivity index (χ1n) is 8.82. The molecule has 0 saturated heterocycles. The molecule has 0 fully saturated rings. The number of carbonyl (C=O) groups excluding carboxylic acids is 2. The fraction of sp³-hybridized carbons (Fsp3) is 0.136. The Labute approximate surface area is 158 Å². The molecule has 1 atom stereocenters. The molecule has 27 heavy (non-hydrogen) atoms. The Morgan fingerprint density at radius 3 is 2.19 bits per heavy atom. The summed E-state index contributed by atoms with van der Waals surface area (Å²) in [5.74, 6) is -0.337. The van der Waals surface area contributed by atoms with E-state index in [9.17, 15) is 9.59 Å². The van der Waals surface area contributed by atoms with Crippen LogP contribution in [-0.4, -0.2) is 23.3 Å². The van der Waals surface area contributed by atoms with Gasteiger partial charge >= 0.3 is 0 Å². The maximum Gasteiger partial charge on any atom is 0.251 e. The Hall–Kier alpha value is -3.47. The summed E-state index contributed by atoms with van der Waals surface area (Å²) in [5.41, 5.74) is 2.30. The van der Waals surface area contributed by atoms with Crippen LogP contribution >= 0.6 is 0 Å². The highest BCUT2D eigenvalue weighted by atomic mass is 16.2. The van der Waals surface area contributed by atoms with Crippen LogP contribution in [0.5, 0.6) is 0 Å². The Balaban J connectivity index is 1.59. The van der Waals surface area contributed by atoms with Gasteiger partial charge in [0.05, 0.1) is 11.7 Å². The third kappa shape index (κ3) is 5.25. The van der Waals surface area contributed by atoms with Gasteiger partial charge in [-0.15, -0.1) is 0 Å². The van der Waals surface area contributed by atoms with Gasteiger partial charge in [-0.25, -0.2) is 0 Å². The average molecular weight is 359 g/mol. The molecular formula is C22H21N3O2. The molecule has 1 aromatic heterocycles. The lowest BCUT2D eigenvalue weighted by molar-refractivity contribution is -0.121. The topological polar surface area (TPSA) is 71.1 Å². The average Bonchev–Trinajstić information content (AvgIpc) is 2.74. The van der Waals surface area contributed by atoms with Gasteiger partial charge in [-0.2, -0.15) is 0 Å². The summed E-state index contributed by atoms with van der Waals surface area (Å²) in [4.78, 5) is 28.8. The number of aromatic nitrogens is 1. The normalized spacial score (nSPS) is 11.4. The highest BCUT2D eigenvalue weighted by Crippen LogP contribution is 2.19. The molecule has 0 aliphatic carbocycles. The summed E-state index contributed by atoms with van der Waals surface area (Å²) in [6.45, 7) is 0.267. The predicted octanol–water partition coefficient (Wildman–Crippen LogP) is 3.11. The van der Waals surface area contributed by atoms with Crippen molar-refractivity contribution in [3.05, 3.63) is 102 Å². The van der Waals surface area contributed by atoms with Gasteiger partial charge in [-0.1, -0.05) is 54.6 Å². The number of nitrogens with zero attached hydrogens (tertiary/aromatic N) is 1. The molecule has 2 aromatic carbocycles. The number of amides is 2. The van der Waals surface area contributed by atoms with Crippen molar-refractivity contribution in [1.29, 1.82) is 0 Å². The molecule has 2 N–H and O–H groups in total. The van der Waals surface area contributed by atoms with Crippen LogP contribution < -0.4 is 10.6 Å². The molecule has 3 rings (SSSR count). The lowest BCUT2D eigenvalue weighted by atomic mass is 10.0. The van der Waals surface area contributed by atoms with E-state index >= 15 is 0 Å². The molecule has 5 heteroatoms. The quantitative estimate of drug-likeness (QED) is 0.681. The number of benzene rings is 2. The van der Waals surface area contributed by atoms with Crippen molar-refractivity contribution in [2.45, 2.75) is 12.5 Å². The summed E-state index contributed by atoms with van der Waals surface area (Å²) in [5, 5.41) is 5.78. The summed E-state index contributed by atoms with van der Waals surface area (Å²) < 4.78 is 0. The van der Waals surface area contributed by atoms with Gasteiger partial charge in [0.15, 0.2) is 0 Å². The Morgan fingerprint density at radius 1 is 0.852 bits per heavy atom. The Morgan fingerprint density at radius 2 is 1.52 bits per heavy atom. The number of hydrogen-bond acceptors (Lipinski definition) is 3. The van der Waals surface area contributed by atoms with Gasteiger partial charge in [-0.3, -0.25) is 14.6 Å². The minimum atomic E-state index is -0.329. The molecule has 0 radical (unpaired) electrons. The fourth-order valence-corrected chi connectivity index (χ4v) is 2.73. The molecule has 0 aliphatic heterocycles. The third-order valence-electron chi connectivity index (χ3n) is 4.10. The molecule has 1 heterocycles. The maximum absolute atomic E-state index is 12.4. The summed E-state index contributed by atoms with van der Waals surface area (Å²) in [6, 6.07) is 23.9. The Bertz CT molecular complexity index is 828. The first kappa shape index (κ1) is 18.3. The Kier molecular flexibility index (Phi) is 6.30. The van der Waals surface area contributed by atoms with Crippen molar-refractivity contribution in [2.24, 2.45) is 0 Å². The SMILES string of the molecule is O=C(CCNC(=O)c1ccccc1)NC(c1ccccc1)c1ccccn1. The first-order chi connectivity index (χ1) is 13.2. The van der Waals surface area contributed by atoms with E-state index in [1.54, 1.807) is 30.5 Å². The second-order valence-corrected chi connectivity index (χ2v) is 6.04. The predicted molar refractivity (Wildman–Crippen MR) is 104 cm³/mol. The number of hydrogen-bond donors (Lipinski definition) is 2. The van der Waals surface area contributed by atoms with Gasteiger partial charge in [0, 0.05) is 24.7 Å². The van der Waals surface area contributed by atoms with E-state index in [4.69, 9.17) is 0 Å². The molecule has 0 aliphatic rings. The second kappa shape index (κ2) is 9.29. The first-order valence-corrected chi connectivity index (χ1v) is 8.82. The van der Waals surface area contributed by atoms with Crippen LogP contribution in [0.15, 0.2) is 85.1 Å². The van der Waals surface area contributed by atoms with Gasteiger partial charge in [0.1, 0.15) is 0 Å². The maximum atomic E-state index is 12.4. The lowest BCUT2D eigenvalue weighted by Gasteiger charge is -2.19. The highest BCUT2D eigenvalue weighted by molar-refractivity contribution is 5.94. The van der Waals surface area contributed by atoms with Crippen LogP contribution in [0.3, 0.4) is 0 Å². The molecular weight excluding hydrogens is 338 g/mol. The standard InChI is InChI=1S/C22H21N3O2/c26-20(14-16-24-22(27)18-11-5-2-6-12-18)25-21(17-9-3-1-4-10-17)19-13-7-8-15-23-19/h1-13,15,21H,14,16H2,(H,24,27)(H,25,26). The van der Waals surface area contributed by atoms with Crippen LogP contribution in [0.1, 0.15) is 34.1 Å². The summed E-state index contributed by atoms with van der Waals surface area (Å²) in [6.07, 6.45) is 1.90. The molecule has 0 saturated carbocycles. The molecule has 5 nitrogen and oxygen atoms in total. The molecule has 0 bridgehead atoms. The van der Waals surface area contributed by atoms with Crippen molar-refractivity contribution < 1.29 is 9.59 Å². The summed E-state index contributed by atoms with van der Waals surface area (Å²) in [7, 11) is 0. The van der Waals surface area contributed by atoms with E-state index in [0.29, 0.717) is 5.56 Å². The zero-order valence-electron chi connectivity index (χ0n) is 14.8. The second-order valence-electron chi connectivity index (χ2n) is 6.04. The van der Waals surface area contributed by atoms with Crippen molar-refractivity contribution in [3.63, 3.8) is 0 Å². The molecule has 0 spiro atoms. The zero-order valence-corrected chi connectivity index (χ0v) is 14.8. The van der Waals surface area contributed by atoms with E-state index in [1.807, 2.05) is 54.6 Å². The van der Waals surface area contributed by atoms with Crippen LogP contribution in [0, 0.1) is 0 Å². The molecule has 2 amide bonds. The minimum absolute atomic E-state index is 0.150. The summed E-state index contributed by atoms with van der Waals surface area (Å²) >= 11 is 0. The van der Waals surface area contributed by atoms with Crippen LogP contribution in [0.25, 0.3) is 0 Å². The van der Waals surface area contributed by atoms with Crippen molar-refractivity contribution in [1.82, 2.24) is 15.6 Å². The third-order valence-corrected chi connectivity index (χ3v) is 4.10. The number of rotatable bonds is 7. The monoisotopic (exact) mass is 359 g/mol. The van der Waals surface area contributed by atoms with E-state index in [-0.39, 0.29) is 30.8 Å². The number of pyridine rings is 1. The van der Waals surface area contributed by atoms with E-state index < -0.39 is 0 Å². The molecule has 136 valence electrons. The largest absolute Gasteiger partial charge is 0.352 e. The minimum Gasteiger partial charge on any atom is -0.352 e. The van der Waals surface area contributed by atoms with Crippen LogP contribution in [0.4, 0.5) is 0 Å². The smallest absolute Gasteiger partial charge is 0.251 e. The van der Waals surface area contributed by atoms with Crippen LogP contribution in [0.2, 0.25) is 0 Å². The molecule has 3 aromatic rings. The van der Waals surface area contributed by atoms with E-state index in [0.717, 1.165) is 11.3 Å². The lowest BCUT2D eigenvalue weighted by Crippen LogP contribution is -2.33. The number of nitrogens with one attached hydrogen (secondary N) is 2. The van der Waals surface area contributed by atoms with E-state index in [1.165, 1.54) is 0 Å². The van der Waals surface area contributed by atoms with Gasteiger partial charge < -0.3 is 10.6 Å². The number of carbonyl (C=O) groups is 2. The molecule has 1 unspecified atom stereocenters. The van der Waals surface area contributed by atoms with Gasteiger partial charge in [0.25, 0.3) is 5.91 Å².